The van der Waals surface area contributed by atoms with Gasteiger partial charge in [-0.2, -0.15) is 4.31 Å². The molecule has 1 fully saturated rings. The number of rotatable bonds is 5. The van der Waals surface area contributed by atoms with Gasteiger partial charge in [-0.05, 0) is 24.3 Å². The summed E-state index contributed by atoms with van der Waals surface area (Å²) in [6.07, 6.45) is 0. The van der Waals surface area contributed by atoms with Crippen LogP contribution in [0.25, 0.3) is 0 Å². The maximum Gasteiger partial charge on any atom is 0.253 e. The van der Waals surface area contributed by atoms with Crippen molar-refractivity contribution in [2.75, 3.05) is 40.4 Å². The molecule has 0 saturated carbocycles. The molecule has 2 aromatic carbocycles. The second-order valence-electron chi connectivity index (χ2n) is 6.08. The van der Waals surface area contributed by atoms with Gasteiger partial charge in [-0.3, -0.25) is 4.79 Å². The number of hydrogen-bond acceptors (Lipinski definition) is 5. The number of piperazine rings is 1. The summed E-state index contributed by atoms with van der Waals surface area (Å²) in [6.45, 7) is 1.11. The molecule has 1 amide bonds. The average molecular weight is 390 g/mol. The first-order chi connectivity index (χ1) is 13.0. The molecule has 0 unspecified atom stereocenters. The zero-order chi connectivity index (χ0) is 19.4. The second kappa shape index (κ2) is 7.98. The van der Waals surface area contributed by atoms with Gasteiger partial charge >= 0.3 is 0 Å². The summed E-state index contributed by atoms with van der Waals surface area (Å²) >= 11 is 0. The largest absolute Gasteiger partial charge is 0.497 e. The van der Waals surface area contributed by atoms with Gasteiger partial charge in [0.15, 0.2) is 0 Å². The van der Waals surface area contributed by atoms with Crippen molar-refractivity contribution < 1.29 is 22.7 Å². The average Bonchev–Trinajstić information content (AvgIpc) is 2.73. The minimum atomic E-state index is -3.76. The highest BCUT2D eigenvalue weighted by atomic mass is 32.2. The molecule has 0 atom stereocenters. The third kappa shape index (κ3) is 3.91. The Morgan fingerprint density at radius 2 is 1.59 bits per heavy atom. The van der Waals surface area contributed by atoms with E-state index in [1.165, 1.54) is 24.6 Å². The van der Waals surface area contributed by atoms with E-state index < -0.39 is 10.0 Å². The number of carbonyl (C=O) groups is 1. The van der Waals surface area contributed by atoms with Gasteiger partial charge in [0.2, 0.25) is 10.0 Å². The van der Waals surface area contributed by atoms with Gasteiger partial charge in [0.1, 0.15) is 16.4 Å². The molecule has 0 aromatic heterocycles. The van der Waals surface area contributed by atoms with E-state index in [1.54, 1.807) is 29.2 Å². The number of amides is 1. The molecule has 1 aliphatic rings. The van der Waals surface area contributed by atoms with E-state index >= 15 is 0 Å². The molecule has 1 saturated heterocycles. The Kier molecular flexibility index (Phi) is 5.67. The third-order valence-electron chi connectivity index (χ3n) is 4.54. The normalized spacial score (nSPS) is 15.4. The molecular formula is C19H22N2O5S. The van der Waals surface area contributed by atoms with Crippen LogP contribution in [0.15, 0.2) is 53.4 Å². The van der Waals surface area contributed by atoms with Gasteiger partial charge in [-0.15, -0.1) is 0 Å². The van der Waals surface area contributed by atoms with Crippen LogP contribution in [-0.4, -0.2) is 63.9 Å². The molecule has 2 aromatic rings. The Labute approximate surface area is 159 Å². The number of hydrogen-bond donors (Lipinski definition) is 0. The summed E-state index contributed by atoms with van der Waals surface area (Å²) in [4.78, 5) is 14.3. The standard InChI is InChI=1S/C19H22N2O5S/c1-25-16-8-9-17(26-2)18(14-16)27(23,24)21-12-10-20(11-13-21)19(22)15-6-4-3-5-7-15/h3-9,14H,10-13H2,1-2H3. The molecule has 27 heavy (non-hydrogen) atoms. The highest BCUT2D eigenvalue weighted by Gasteiger charge is 2.32. The predicted octanol–water partition coefficient (Wildman–Crippen LogP) is 1.85. The van der Waals surface area contributed by atoms with E-state index in [0.717, 1.165) is 0 Å². The maximum absolute atomic E-state index is 13.1. The Morgan fingerprint density at radius 1 is 0.926 bits per heavy atom. The first kappa shape index (κ1) is 19.2. The summed E-state index contributed by atoms with van der Waals surface area (Å²) in [5.74, 6) is 0.609. The van der Waals surface area contributed by atoms with Crippen LogP contribution in [0.2, 0.25) is 0 Å². The number of sulfonamides is 1. The molecule has 0 bridgehead atoms. The number of ether oxygens (including phenoxy) is 2. The number of methoxy groups -OCH3 is 2. The van der Waals surface area contributed by atoms with E-state index in [0.29, 0.717) is 24.4 Å². The van der Waals surface area contributed by atoms with Crippen molar-refractivity contribution in [3.63, 3.8) is 0 Å². The Balaban J connectivity index is 1.76. The van der Waals surface area contributed by atoms with Gasteiger partial charge in [0.25, 0.3) is 5.91 Å². The fourth-order valence-corrected chi connectivity index (χ4v) is 4.61. The molecule has 144 valence electrons. The van der Waals surface area contributed by atoms with Crippen LogP contribution in [0.4, 0.5) is 0 Å². The fourth-order valence-electron chi connectivity index (χ4n) is 3.02. The SMILES string of the molecule is COc1ccc(OC)c(S(=O)(=O)N2CCN(C(=O)c3ccccc3)CC2)c1. The third-order valence-corrected chi connectivity index (χ3v) is 6.46. The maximum atomic E-state index is 13.1. The molecule has 0 N–H and O–H groups in total. The molecule has 8 heteroatoms. The van der Waals surface area contributed by atoms with Crippen LogP contribution >= 0.6 is 0 Å². The van der Waals surface area contributed by atoms with Crippen LogP contribution < -0.4 is 9.47 Å². The summed E-state index contributed by atoms with van der Waals surface area (Å²) in [6, 6.07) is 13.7. The van der Waals surface area contributed by atoms with Crippen molar-refractivity contribution in [2.24, 2.45) is 0 Å². The lowest BCUT2D eigenvalue weighted by Crippen LogP contribution is -2.50. The smallest absolute Gasteiger partial charge is 0.253 e. The molecule has 0 radical (unpaired) electrons. The lowest BCUT2D eigenvalue weighted by molar-refractivity contribution is 0.0698. The quantitative estimate of drug-likeness (QED) is 0.779. The molecule has 7 nitrogen and oxygen atoms in total. The van der Waals surface area contributed by atoms with Crippen molar-refractivity contribution in [2.45, 2.75) is 4.90 Å². The van der Waals surface area contributed by atoms with E-state index in [2.05, 4.69) is 0 Å². The van der Waals surface area contributed by atoms with E-state index in [-0.39, 0.29) is 29.6 Å². The minimum absolute atomic E-state index is 0.0622. The Morgan fingerprint density at radius 3 is 2.19 bits per heavy atom. The van der Waals surface area contributed by atoms with Gasteiger partial charge in [-0.1, -0.05) is 18.2 Å². The molecule has 1 aliphatic heterocycles. The molecule has 0 aliphatic carbocycles. The van der Waals surface area contributed by atoms with Gasteiger partial charge in [0, 0.05) is 37.8 Å². The number of benzene rings is 2. The molecule has 0 spiro atoms. The van der Waals surface area contributed by atoms with Gasteiger partial charge in [-0.25, -0.2) is 8.42 Å². The second-order valence-corrected chi connectivity index (χ2v) is 7.99. The molecular weight excluding hydrogens is 368 g/mol. The number of nitrogens with zero attached hydrogens (tertiary/aromatic N) is 2. The highest BCUT2D eigenvalue weighted by molar-refractivity contribution is 7.89. The van der Waals surface area contributed by atoms with E-state index in [1.807, 2.05) is 18.2 Å². The van der Waals surface area contributed by atoms with Crippen molar-refractivity contribution >= 4 is 15.9 Å². The first-order valence-corrected chi connectivity index (χ1v) is 9.98. The summed E-state index contributed by atoms with van der Waals surface area (Å²) in [5, 5.41) is 0. The topological polar surface area (TPSA) is 76.2 Å². The first-order valence-electron chi connectivity index (χ1n) is 8.54. The molecule has 3 rings (SSSR count). The van der Waals surface area contributed by atoms with Gasteiger partial charge in [0.05, 0.1) is 14.2 Å². The molecule has 1 heterocycles. The Hall–Kier alpha value is -2.58. The minimum Gasteiger partial charge on any atom is -0.497 e. The van der Waals surface area contributed by atoms with Crippen molar-refractivity contribution in [3.05, 3.63) is 54.1 Å². The van der Waals surface area contributed by atoms with Crippen molar-refractivity contribution in [1.29, 1.82) is 0 Å². The van der Waals surface area contributed by atoms with Gasteiger partial charge < -0.3 is 14.4 Å². The monoisotopic (exact) mass is 390 g/mol. The summed E-state index contributed by atoms with van der Waals surface area (Å²) < 4.78 is 37.9. The highest BCUT2D eigenvalue weighted by Crippen LogP contribution is 2.31. The summed E-state index contributed by atoms with van der Waals surface area (Å²) in [5.41, 5.74) is 0.600. The predicted molar refractivity (Wildman–Crippen MR) is 101 cm³/mol. The number of carbonyl (C=O) groups excluding carboxylic acids is 1. The van der Waals surface area contributed by atoms with Crippen LogP contribution in [0.5, 0.6) is 11.5 Å². The fraction of sp³-hybridized carbons (Fsp3) is 0.316. The lowest BCUT2D eigenvalue weighted by atomic mass is 10.2. The van der Waals surface area contributed by atoms with Crippen LogP contribution in [-0.2, 0) is 10.0 Å². The van der Waals surface area contributed by atoms with E-state index in [4.69, 9.17) is 9.47 Å². The van der Waals surface area contributed by atoms with E-state index in [9.17, 15) is 13.2 Å². The van der Waals surface area contributed by atoms with Crippen molar-refractivity contribution in [1.82, 2.24) is 9.21 Å². The van der Waals surface area contributed by atoms with Crippen LogP contribution in [0.3, 0.4) is 0 Å². The van der Waals surface area contributed by atoms with Crippen LogP contribution in [0, 0.1) is 0 Å². The zero-order valence-electron chi connectivity index (χ0n) is 15.3. The Bertz CT molecular complexity index is 907. The van der Waals surface area contributed by atoms with Crippen molar-refractivity contribution in [3.8, 4) is 11.5 Å². The van der Waals surface area contributed by atoms with Crippen LogP contribution in [0.1, 0.15) is 10.4 Å². The summed E-state index contributed by atoms with van der Waals surface area (Å²) in [7, 11) is -0.855. The zero-order valence-corrected chi connectivity index (χ0v) is 16.1. The lowest BCUT2D eigenvalue weighted by Gasteiger charge is -2.34.